The van der Waals surface area contributed by atoms with Gasteiger partial charge in [-0.15, -0.1) is 0 Å². The first-order valence-electron chi connectivity index (χ1n) is 8.22. The lowest BCUT2D eigenvalue weighted by Crippen LogP contribution is -2.50. The third-order valence-corrected chi connectivity index (χ3v) is 5.80. The second kappa shape index (κ2) is 8.02. The van der Waals surface area contributed by atoms with Crippen LogP contribution in [0.2, 0.25) is 0 Å². The lowest BCUT2D eigenvalue weighted by Gasteiger charge is -2.45. The zero-order valence-electron chi connectivity index (χ0n) is 13.3. The van der Waals surface area contributed by atoms with Crippen molar-refractivity contribution >= 4 is 11.8 Å². The van der Waals surface area contributed by atoms with Crippen molar-refractivity contribution in [3.05, 3.63) is 0 Å². The first kappa shape index (κ1) is 16.6. The predicted octanol–water partition coefficient (Wildman–Crippen LogP) is 3.08. The highest BCUT2D eigenvalue weighted by molar-refractivity contribution is 7.99. The molecule has 20 heavy (non-hydrogen) atoms. The summed E-state index contributed by atoms with van der Waals surface area (Å²) in [5.74, 6) is 1.98. The molecule has 2 unspecified atom stereocenters. The van der Waals surface area contributed by atoms with Crippen molar-refractivity contribution in [1.82, 2.24) is 5.32 Å². The summed E-state index contributed by atoms with van der Waals surface area (Å²) in [7, 11) is 0. The molecule has 2 heterocycles. The molecule has 0 saturated carbocycles. The third kappa shape index (κ3) is 4.62. The van der Waals surface area contributed by atoms with Crippen molar-refractivity contribution in [1.29, 1.82) is 0 Å². The Morgan fingerprint density at radius 3 is 2.65 bits per heavy atom. The van der Waals surface area contributed by atoms with Gasteiger partial charge in [0.1, 0.15) is 0 Å². The molecule has 2 saturated heterocycles. The Bertz CT molecular complexity index is 274. The minimum absolute atomic E-state index is 0.122. The first-order valence-corrected chi connectivity index (χ1v) is 9.27. The molecule has 0 radical (unpaired) electrons. The topological polar surface area (TPSA) is 30.5 Å². The van der Waals surface area contributed by atoms with Crippen LogP contribution in [0.15, 0.2) is 0 Å². The van der Waals surface area contributed by atoms with Crippen LogP contribution in [0.25, 0.3) is 0 Å². The van der Waals surface area contributed by atoms with Crippen LogP contribution in [-0.2, 0) is 9.47 Å². The Balaban J connectivity index is 1.93. The van der Waals surface area contributed by atoms with E-state index in [0.717, 1.165) is 45.1 Å². The van der Waals surface area contributed by atoms with Gasteiger partial charge in [0, 0.05) is 31.6 Å². The second-order valence-electron chi connectivity index (χ2n) is 6.44. The molecule has 0 bridgehead atoms. The summed E-state index contributed by atoms with van der Waals surface area (Å²) in [6.07, 6.45) is 4.59. The normalized spacial score (nSPS) is 27.9. The molecule has 2 aliphatic rings. The van der Waals surface area contributed by atoms with Gasteiger partial charge in [-0.3, -0.25) is 0 Å². The van der Waals surface area contributed by atoms with Crippen molar-refractivity contribution in [2.45, 2.75) is 63.3 Å². The molecule has 0 aliphatic carbocycles. The van der Waals surface area contributed by atoms with E-state index in [-0.39, 0.29) is 5.60 Å². The Morgan fingerprint density at radius 2 is 2.00 bits per heavy atom. The fourth-order valence-corrected chi connectivity index (χ4v) is 4.40. The van der Waals surface area contributed by atoms with Gasteiger partial charge in [-0.1, -0.05) is 20.8 Å². The van der Waals surface area contributed by atoms with Gasteiger partial charge in [-0.2, -0.15) is 11.8 Å². The van der Waals surface area contributed by atoms with Crippen LogP contribution in [0.4, 0.5) is 0 Å². The van der Waals surface area contributed by atoms with Crippen molar-refractivity contribution in [3.8, 4) is 0 Å². The summed E-state index contributed by atoms with van der Waals surface area (Å²) in [5.41, 5.74) is 0.122. The second-order valence-corrected chi connectivity index (χ2v) is 8.05. The molecular formula is C16H31NO2S. The molecule has 1 spiro atoms. The molecule has 0 aromatic carbocycles. The quantitative estimate of drug-likeness (QED) is 0.817. The van der Waals surface area contributed by atoms with E-state index in [1.165, 1.54) is 18.6 Å². The van der Waals surface area contributed by atoms with Crippen LogP contribution >= 0.6 is 11.8 Å². The molecule has 1 N–H and O–H groups in total. The fourth-order valence-electron chi connectivity index (χ4n) is 3.42. The molecule has 2 rings (SSSR count). The van der Waals surface area contributed by atoms with Gasteiger partial charge in [0.2, 0.25) is 0 Å². The molecule has 2 aliphatic heterocycles. The predicted molar refractivity (Wildman–Crippen MR) is 86.5 cm³/mol. The zero-order valence-corrected chi connectivity index (χ0v) is 14.1. The van der Waals surface area contributed by atoms with Crippen molar-refractivity contribution in [2.75, 3.05) is 32.1 Å². The summed E-state index contributed by atoms with van der Waals surface area (Å²) < 4.78 is 11.7. The third-order valence-electron chi connectivity index (χ3n) is 4.58. The summed E-state index contributed by atoms with van der Waals surface area (Å²) in [6, 6.07) is 0.635. The first-order chi connectivity index (χ1) is 9.65. The van der Waals surface area contributed by atoms with Gasteiger partial charge in [0.05, 0.1) is 5.60 Å². The SMILES string of the molecule is CCNC(CSC(C)C)C1CCOC2(CCOCC2)C1. The molecule has 4 heteroatoms. The highest BCUT2D eigenvalue weighted by Crippen LogP contribution is 2.38. The van der Waals surface area contributed by atoms with E-state index in [2.05, 4.69) is 37.8 Å². The number of rotatable bonds is 6. The van der Waals surface area contributed by atoms with Gasteiger partial charge in [0.25, 0.3) is 0 Å². The summed E-state index contributed by atoms with van der Waals surface area (Å²) in [4.78, 5) is 0. The van der Waals surface area contributed by atoms with E-state index < -0.39 is 0 Å². The van der Waals surface area contributed by atoms with Crippen LogP contribution in [0, 0.1) is 5.92 Å². The number of nitrogens with one attached hydrogen (secondary N) is 1. The Morgan fingerprint density at radius 1 is 1.25 bits per heavy atom. The molecule has 3 nitrogen and oxygen atoms in total. The minimum atomic E-state index is 0.122. The van der Waals surface area contributed by atoms with Gasteiger partial charge in [0.15, 0.2) is 0 Å². The van der Waals surface area contributed by atoms with E-state index in [1.807, 2.05) is 0 Å². The van der Waals surface area contributed by atoms with E-state index in [9.17, 15) is 0 Å². The van der Waals surface area contributed by atoms with Crippen molar-refractivity contribution in [2.24, 2.45) is 5.92 Å². The van der Waals surface area contributed by atoms with E-state index in [0.29, 0.717) is 11.3 Å². The van der Waals surface area contributed by atoms with Crippen molar-refractivity contribution in [3.63, 3.8) is 0 Å². The van der Waals surface area contributed by atoms with Crippen LogP contribution in [0.3, 0.4) is 0 Å². The van der Waals surface area contributed by atoms with E-state index in [4.69, 9.17) is 9.47 Å². The molecular weight excluding hydrogens is 270 g/mol. The Hall–Kier alpha value is 0.230. The van der Waals surface area contributed by atoms with Gasteiger partial charge >= 0.3 is 0 Å². The van der Waals surface area contributed by atoms with E-state index in [1.54, 1.807) is 0 Å². The summed E-state index contributed by atoms with van der Waals surface area (Å²) in [5, 5.41) is 4.44. The van der Waals surface area contributed by atoms with Gasteiger partial charge in [-0.25, -0.2) is 0 Å². The van der Waals surface area contributed by atoms with Crippen LogP contribution in [-0.4, -0.2) is 49.0 Å². The smallest absolute Gasteiger partial charge is 0.0729 e. The molecule has 2 fully saturated rings. The lowest BCUT2D eigenvalue weighted by molar-refractivity contribution is -0.149. The Labute approximate surface area is 128 Å². The molecule has 118 valence electrons. The largest absolute Gasteiger partial charge is 0.381 e. The van der Waals surface area contributed by atoms with Crippen LogP contribution in [0.1, 0.15) is 46.5 Å². The number of hydrogen-bond donors (Lipinski definition) is 1. The van der Waals surface area contributed by atoms with Gasteiger partial charge in [-0.05, 0) is 43.4 Å². The highest BCUT2D eigenvalue weighted by atomic mass is 32.2. The number of ether oxygens (including phenoxy) is 2. The standard InChI is InChI=1S/C16H31NO2S/c1-4-17-15(12-20-13(2)3)14-5-8-19-16(11-14)6-9-18-10-7-16/h13-15,17H,4-12H2,1-3H3. The maximum atomic E-state index is 6.18. The number of thioether (sulfide) groups is 1. The highest BCUT2D eigenvalue weighted by Gasteiger charge is 2.41. The van der Waals surface area contributed by atoms with Crippen LogP contribution in [0.5, 0.6) is 0 Å². The molecule has 2 atom stereocenters. The minimum Gasteiger partial charge on any atom is -0.381 e. The lowest BCUT2D eigenvalue weighted by atomic mass is 9.78. The maximum Gasteiger partial charge on any atom is 0.0729 e. The molecule has 0 aromatic rings. The zero-order chi connectivity index (χ0) is 14.4. The maximum absolute atomic E-state index is 6.18. The Kier molecular flexibility index (Phi) is 6.66. The van der Waals surface area contributed by atoms with E-state index >= 15 is 0 Å². The summed E-state index contributed by atoms with van der Waals surface area (Å²) >= 11 is 2.08. The van der Waals surface area contributed by atoms with Crippen LogP contribution < -0.4 is 5.32 Å². The number of hydrogen-bond acceptors (Lipinski definition) is 4. The average molecular weight is 301 g/mol. The fraction of sp³-hybridized carbons (Fsp3) is 1.00. The summed E-state index contributed by atoms with van der Waals surface area (Å²) in [6.45, 7) is 10.5. The van der Waals surface area contributed by atoms with Crippen molar-refractivity contribution < 1.29 is 9.47 Å². The molecule has 0 aromatic heterocycles. The van der Waals surface area contributed by atoms with Gasteiger partial charge < -0.3 is 14.8 Å². The average Bonchev–Trinajstić information content (AvgIpc) is 2.44. The monoisotopic (exact) mass is 301 g/mol. The molecule has 0 amide bonds.